The second kappa shape index (κ2) is 76.7. The van der Waals surface area contributed by atoms with Crippen LogP contribution in [0.15, 0.2) is 0 Å². The third-order valence-corrected chi connectivity index (χ3v) is 0. The maximum atomic E-state index is 8.42. The van der Waals surface area contributed by atoms with Gasteiger partial charge in [0, 0.05) is 0 Å². The molecule has 0 saturated carbocycles. The Labute approximate surface area is 284 Å². The van der Waals surface area contributed by atoms with E-state index < -0.39 is 51.2 Å². The summed E-state index contributed by atoms with van der Waals surface area (Å²) in [5.41, 5.74) is 0. The summed E-state index contributed by atoms with van der Waals surface area (Å²) in [6.07, 6.45) is 0. The Kier molecular flexibility index (Phi) is 188. The van der Waals surface area contributed by atoms with E-state index in [-0.39, 0.29) is 131 Å². The van der Waals surface area contributed by atoms with Gasteiger partial charge >= 0.3 is 131 Å². The van der Waals surface area contributed by atoms with Gasteiger partial charge in [-0.05, 0) is 0 Å². The Morgan fingerprint density at radius 3 is 0.176 bits per heavy atom. The summed E-state index contributed by atoms with van der Waals surface area (Å²) in [4.78, 5) is 0. The van der Waals surface area contributed by atoms with Gasteiger partial charge in [-0.1, -0.05) is 0 Å². The molecule has 0 aromatic rings. The van der Waals surface area contributed by atoms with Crippen molar-refractivity contribution in [3.8, 4) is 0 Å². The SMILES string of the molecule is [Al+3].[Al+3].[Al+3].[O-]B([O-])[O-].[O-]B([O-])[O-].[O-]B([O-])[O-].[O-]B([O-])[O-].[O-]B([O-])[O-].[O-]B([O-])[O-].[O-]B([O-])[O-].[Zr+4].[Zr+4].[Zr+4]. The van der Waals surface area contributed by atoms with Crippen LogP contribution in [0.3, 0.4) is 0 Å². The van der Waals surface area contributed by atoms with Crippen molar-refractivity contribution >= 4 is 103 Å². The molecule has 0 spiro atoms. The smallest absolute Gasteiger partial charge is 0.907 e. The molecule has 0 radical (unpaired) electrons. The summed E-state index contributed by atoms with van der Waals surface area (Å²) in [5, 5.41) is 177. The van der Waals surface area contributed by atoms with Crippen LogP contribution in [-0.2, 0) is 78.6 Å². The first kappa shape index (κ1) is 83.2. The standard InChI is InChI=1S/3Al.7BO3.3Zr/c;;;7*2-1(3)4;;;/q3*+3;7*-3;3*+4. The van der Waals surface area contributed by atoms with Crippen molar-refractivity contribution in [3.63, 3.8) is 0 Å². The third-order valence-electron chi connectivity index (χ3n) is 0. The normalized spacial score (nSPS) is 5.56. The van der Waals surface area contributed by atoms with Crippen molar-refractivity contribution in [2.24, 2.45) is 0 Å². The van der Waals surface area contributed by atoms with Gasteiger partial charge in [-0.15, -0.1) is 0 Å². The minimum absolute atomic E-state index is 0. The molecule has 0 fully saturated rings. The molecule has 0 amide bonds. The zero-order valence-corrected chi connectivity index (χ0v) is 26.7. The van der Waals surface area contributed by atoms with Crippen molar-refractivity contribution in [3.05, 3.63) is 0 Å². The van der Waals surface area contributed by atoms with Gasteiger partial charge in [-0.2, -0.15) is 0 Å². The van der Waals surface area contributed by atoms with Gasteiger partial charge in [0.1, 0.15) is 0 Å². The Bertz CT molecular complexity index is 144. The fraction of sp³-hybridized carbons (Fsp3) is 0. The van der Waals surface area contributed by atoms with Gasteiger partial charge in [0.15, 0.2) is 0 Å². The molecule has 34 heavy (non-hydrogen) atoms. The summed E-state index contributed by atoms with van der Waals surface area (Å²) in [7, 11) is -20.4. The summed E-state index contributed by atoms with van der Waals surface area (Å²) in [6.45, 7) is 0. The fourth-order valence-electron chi connectivity index (χ4n) is 0. The van der Waals surface area contributed by atoms with E-state index in [0.717, 1.165) is 0 Å². The molecule has 0 saturated heterocycles. The van der Waals surface area contributed by atoms with Gasteiger partial charge < -0.3 is 106 Å². The Hall–Kier alpha value is 3.86. The van der Waals surface area contributed by atoms with Crippen molar-refractivity contribution in [1.82, 2.24) is 0 Å². The molecule has 21 nitrogen and oxygen atoms in total. The number of hydrogen-bond acceptors (Lipinski definition) is 21. The zero-order chi connectivity index (χ0) is 25.0. The van der Waals surface area contributed by atoms with Gasteiger partial charge in [0.25, 0.3) is 0 Å². The predicted molar refractivity (Wildman–Crippen MR) is 57.5 cm³/mol. The van der Waals surface area contributed by atoms with Crippen LogP contribution in [0, 0.1) is 0 Å². The van der Waals surface area contributed by atoms with Crippen LogP contribution in [0.4, 0.5) is 0 Å². The van der Waals surface area contributed by atoms with Crippen molar-refractivity contribution in [2.45, 2.75) is 0 Å². The average Bonchev–Trinajstić information content (AvgIpc) is 2.20. The Morgan fingerprint density at radius 2 is 0.176 bits per heavy atom. The maximum Gasteiger partial charge on any atom is 4.00 e. The Balaban J connectivity index is -0.0000000134. The van der Waals surface area contributed by atoms with E-state index in [1.807, 2.05) is 0 Å². The van der Waals surface area contributed by atoms with Crippen molar-refractivity contribution in [1.29, 1.82) is 0 Å². The van der Waals surface area contributed by atoms with Crippen LogP contribution < -0.4 is 106 Å². The molecular formula is Al3B7O21Zr3. The van der Waals surface area contributed by atoms with E-state index in [0.29, 0.717) is 0 Å². The van der Waals surface area contributed by atoms with Crippen LogP contribution in [0.1, 0.15) is 0 Å². The number of hydrogen-bond donors (Lipinski definition) is 0. The molecule has 0 aromatic carbocycles. The quantitative estimate of drug-likeness (QED) is 0.206. The molecular weight excluding hydrogens is 766 g/mol. The average molecular weight is 766 g/mol. The zero-order valence-electron chi connectivity index (χ0n) is 15.8. The molecule has 0 aliphatic carbocycles. The number of rotatable bonds is 0. The summed E-state index contributed by atoms with van der Waals surface area (Å²) >= 11 is 0. The molecule has 0 heterocycles. The molecule has 34 heteroatoms. The third kappa shape index (κ3) is 2920. The van der Waals surface area contributed by atoms with Crippen molar-refractivity contribution in [2.75, 3.05) is 0 Å². The van der Waals surface area contributed by atoms with Crippen LogP contribution in [-0.4, -0.2) is 103 Å². The van der Waals surface area contributed by atoms with Gasteiger partial charge in [-0.25, -0.2) is 0 Å². The molecule has 0 aliphatic rings. The largest absolute Gasteiger partial charge is 4.00 e. The fourth-order valence-corrected chi connectivity index (χ4v) is 0. The minimum atomic E-state index is -2.92. The van der Waals surface area contributed by atoms with E-state index in [4.69, 9.17) is 106 Å². The van der Waals surface area contributed by atoms with E-state index in [9.17, 15) is 0 Å². The molecule has 0 bridgehead atoms. The maximum absolute atomic E-state index is 8.42. The molecule has 0 N–H and O–H groups in total. The van der Waals surface area contributed by atoms with E-state index >= 15 is 0 Å². The molecule has 168 valence electrons. The van der Waals surface area contributed by atoms with Gasteiger partial charge in [0.05, 0.1) is 0 Å². The van der Waals surface area contributed by atoms with Crippen LogP contribution in [0.5, 0.6) is 0 Å². The first-order valence-corrected chi connectivity index (χ1v) is 4.95. The van der Waals surface area contributed by atoms with Crippen molar-refractivity contribution < 1.29 is 184 Å². The summed E-state index contributed by atoms with van der Waals surface area (Å²) in [5.74, 6) is 0. The van der Waals surface area contributed by atoms with Crippen LogP contribution in [0.25, 0.3) is 0 Å². The molecule has 0 rings (SSSR count). The predicted octanol–water partition coefficient (Wildman–Crippen LogP) is -28.8. The Morgan fingerprint density at radius 1 is 0.176 bits per heavy atom. The minimum Gasteiger partial charge on any atom is -0.907 e. The molecule has 0 aliphatic heterocycles. The second-order valence-corrected chi connectivity index (χ2v) is 2.02. The molecule has 0 unspecified atom stereocenters. The van der Waals surface area contributed by atoms with Gasteiger partial charge in [-0.3, -0.25) is 51.2 Å². The first-order chi connectivity index (χ1) is 12.1. The molecule has 0 atom stereocenters. The first-order valence-electron chi connectivity index (χ1n) is 4.95. The van der Waals surface area contributed by atoms with E-state index in [1.165, 1.54) is 0 Å². The van der Waals surface area contributed by atoms with E-state index in [1.54, 1.807) is 0 Å². The van der Waals surface area contributed by atoms with Crippen LogP contribution in [0.2, 0.25) is 0 Å². The summed E-state index contributed by atoms with van der Waals surface area (Å²) < 4.78 is 0. The molecule has 0 aromatic heterocycles. The van der Waals surface area contributed by atoms with Gasteiger partial charge in [0.2, 0.25) is 0 Å². The van der Waals surface area contributed by atoms with Crippen LogP contribution >= 0.6 is 0 Å². The monoisotopic (exact) mass is 764 g/mol. The van der Waals surface area contributed by atoms with E-state index in [2.05, 4.69) is 0 Å². The topological polar surface area (TPSA) is 484 Å². The second-order valence-electron chi connectivity index (χ2n) is 2.02. The summed E-state index contributed by atoms with van der Waals surface area (Å²) in [6, 6.07) is 0.